The maximum atomic E-state index is 5.30. The van der Waals surface area contributed by atoms with Crippen LogP contribution >= 0.6 is 0 Å². The average molecular weight is 171 g/mol. The Bertz CT molecular complexity index is 128. The van der Waals surface area contributed by atoms with E-state index in [2.05, 4.69) is 18.8 Å². The molecule has 0 fully saturated rings. The van der Waals surface area contributed by atoms with Gasteiger partial charge in [0.05, 0.1) is 6.04 Å². The second-order valence-electron chi connectivity index (χ2n) is 3.11. The molecule has 12 heavy (non-hydrogen) atoms. The first-order chi connectivity index (χ1) is 5.70. The van der Waals surface area contributed by atoms with Gasteiger partial charge in [0.15, 0.2) is 5.96 Å². The number of hydrogen-bond acceptors (Lipinski definition) is 1. The predicted octanol–water partition coefficient (Wildman–Crippen LogP) is 1.62. The van der Waals surface area contributed by atoms with E-state index < -0.39 is 0 Å². The van der Waals surface area contributed by atoms with Gasteiger partial charge in [0.2, 0.25) is 0 Å². The first kappa shape index (κ1) is 11.3. The normalized spacial score (nSPS) is 12.5. The fraction of sp³-hybridized carbons (Fsp3) is 0.889. The van der Waals surface area contributed by atoms with E-state index in [4.69, 9.17) is 11.5 Å². The number of rotatable bonds is 6. The summed E-state index contributed by atoms with van der Waals surface area (Å²) in [5, 5.41) is 0. The largest absolute Gasteiger partial charge is 0.370 e. The van der Waals surface area contributed by atoms with Crippen LogP contribution in [0.5, 0.6) is 0 Å². The summed E-state index contributed by atoms with van der Waals surface area (Å²) >= 11 is 0. The Morgan fingerprint density at radius 1 is 1.25 bits per heavy atom. The lowest BCUT2D eigenvalue weighted by Gasteiger charge is -2.08. The van der Waals surface area contributed by atoms with Crippen LogP contribution in [0.15, 0.2) is 4.99 Å². The molecule has 3 heteroatoms. The van der Waals surface area contributed by atoms with E-state index in [1.807, 2.05) is 0 Å². The molecule has 0 aromatic rings. The molecule has 0 aromatic heterocycles. The fourth-order valence-corrected chi connectivity index (χ4v) is 1.20. The van der Waals surface area contributed by atoms with Crippen LogP contribution in [-0.2, 0) is 0 Å². The third-order valence-corrected chi connectivity index (χ3v) is 1.94. The molecule has 0 spiro atoms. The van der Waals surface area contributed by atoms with Crippen molar-refractivity contribution >= 4 is 5.96 Å². The maximum Gasteiger partial charge on any atom is 0.186 e. The van der Waals surface area contributed by atoms with Gasteiger partial charge in [-0.2, -0.15) is 0 Å². The lowest BCUT2D eigenvalue weighted by molar-refractivity contribution is 0.549. The van der Waals surface area contributed by atoms with E-state index in [0.29, 0.717) is 6.04 Å². The molecule has 4 N–H and O–H groups in total. The summed E-state index contributed by atoms with van der Waals surface area (Å²) in [6.45, 7) is 4.31. The molecule has 0 rings (SSSR count). The Hall–Kier alpha value is -0.730. The number of guanidine groups is 1. The van der Waals surface area contributed by atoms with Crippen LogP contribution in [0, 0.1) is 0 Å². The van der Waals surface area contributed by atoms with Gasteiger partial charge in [-0.3, -0.25) is 4.99 Å². The second-order valence-corrected chi connectivity index (χ2v) is 3.11. The van der Waals surface area contributed by atoms with Crippen molar-refractivity contribution in [2.45, 2.75) is 52.0 Å². The van der Waals surface area contributed by atoms with Crippen molar-refractivity contribution in [3.8, 4) is 0 Å². The first-order valence-corrected chi connectivity index (χ1v) is 4.79. The summed E-state index contributed by atoms with van der Waals surface area (Å²) in [5.74, 6) is 0.221. The number of aliphatic imine (C=N–C) groups is 1. The third-order valence-electron chi connectivity index (χ3n) is 1.94. The molecule has 0 bridgehead atoms. The lowest BCUT2D eigenvalue weighted by atomic mass is 10.1. The van der Waals surface area contributed by atoms with E-state index in [9.17, 15) is 0 Å². The van der Waals surface area contributed by atoms with Gasteiger partial charge in [0, 0.05) is 0 Å². The first-order valence-electron chi connectivity index (χ1n) is 4.79. The molecule has 72 valence electrons. The van der Waals surface area contributed by atoms with Crippen molar-refractivity contribution in [3.05, 3.63) is 0 Å². The molecule has 0 heterocycles. The van der Waals surface area contributed by atoms with Gasteiger partial charge in [0.1, 0.15) is 0 Å². The fourth-order valence-electron chi connectivity index (χ4n) is 1.20. The molecule has 0 saturated heterocycles. The van der Waals surface area contributed by atoms with Gasteiger partial charge < -0.3 is 11.5 Å². The zero-order valence-corrected chi connectivity index (χ0v) is 8.21. The monoisotopic (exact) mass is 171 g/mol. The van der Waals surface area contributed by atoms with E-state index in [-0.39, 0.29) is 5.96 Å². The number of nitrogens with zero attached hydrogens (tertiary/aromatic N) is 1. The van der Waals surface area contributed by atoms with Crippen molar-refractivity contribution in [1.29, 1.82) is 0 Å². The van der Waals surface area contributed by atoms with Gasteiger partial charge in [-0.25, -0.2) is 0 Å². The van der Waals surface area contributed by atoms with Crippen molar-refractivity contribution in [2.75, 3.05) is 0 Å². The SMILES string of the molecule is CCCCCC(CC)N=C(N)N. The standard InChI is InChI=1S/C9H21N3/c1-3-5-6-7-8(4-2)12-9(10)11/h8H,3-7H2,1-2H3,(H4,10,11,12). The topological polar surface area (TPSA) is 64.4 Å². The summed E-state index contributed by atoms with van der Waals surface area (Å²) in [6.07, 6.45) is 5.89. The molecule has 0 radical (unpaired) electrons. The van der Waals surface area contributed by atoms with Gasteiger partial charge >= 0.3 is 0 Å². The van der Waals surface area contributed by atoms with Crippen LogP contribution in [0.2, 0.25) is 0 Å². The zero-order valence-electron chi connectivity index (χ0n) is 8.21. The zero-order chi connectivity index (χ0) is 9.40. The Kier molecular flexibility index (Phi) is 6.53. The van der Waals surface area contributed by atoms with Crippen molar-refractivity contribution in [1.82, 2.24) is 0 Å². The molecule has 0 amide bonds. The van der Waals surface area contributed by atoms with E-state index in [1.165, 1.54) is 19.3 Å². The summed E-state index contributed by atoms with van der Waals surface area (Å²) < 4.78 is 0. The average Bonchev–Trinajstić information content (AvgIpc) is 2.02. The van der Waals surface area contributed by atoms with Gasteiger partial charge in [-0.15, -0.1) is 0 Å². The molecule has 0 aliphatic heterocycles. The van der Waals surface area contributed by atoms with Gasteiger partial charge in [0.25, 0.3) is 0 Å². The van der Waals surface area contributed by atoms with Crippen LogP contribution in [0.4, 0.5) is 0 Å². The van der Waals surface area contributed by atoms with E-state index in [1.54, 1.807) is 0 Å². The molecular weight excluding hydrogens is 150 g/mol. The number of nitrogens with two attached hydrogens (primary N) is 2. The van der Waals surface area contributed by atoms with E-state index >= 15 is 0 Å². The number of hydrogen-bond donors (Lipinski definition) is 2. The quantitative estimate of drug-likeness (QED) is 0.362. The minimum absolute atomic E-state index is 0.221. The van der Waals surface area contributed by atoms with Crippen molar-refractivity contribution in [3.63, 3.8) is 0 Å². The van der Waals surface area contributed by atoms with Gasteiger partial charge in [-0.05, 0) is 12.8 Å². The Morgan fingerprint density at radius 3 is 2.33 bits per heavy atom. The minimum atomic E-state index is 0.221. The third kappa shape index (κ3) is 6.01. The second kappa shape index (κ2) is 6.95. The summed E-state index contributed by atoms with van der Waals surface area (Å²) in [6, 6.07) is 0.335. The Morgan fingerprint density at radius 2 is 1.92 bits per heavy atom. The summed E-state index contributed by atoms with van der Waals surface area (Å²) in [5.41, 5.74) is 10.6. The molecular formula is C9H21N3. The van der Waals surface area contributed by atoms with E-state index in [0.717, 1.165) is 12.8 Å². The molecule has 0 saturated carbocycles. The van der Waals surface area contributed by atoms with Gasteiger partial charge in [-0.1, -0.05) is 33.1 Å². The van der Waals surface area contributed by atoms with Crippen molar-refractivity contribution in [2.24, 2.45) is 16.5 Å². The van der Waals surface area contributed by atoms with Crippen LogP contribution in [0.25, 0.3) is 0 Å². The highest BCUT2D eigenvalue weighted by molar-refractivity contribution is 5.75. The molecule has 0 aliphatic rings. The molecule has 3 nitrogen and oxygen atoms in total. The summed E-state index contributed by atoms with van der Waals surface area (Å²) in [4.78, 5) is 4.14. The molecule has 0 aliphatic carbocycles. The predicted molar refractivity (Wildman–Crippen MR) is 54.0 cm³/mol. The van der Waals surface area contributed by atoms with Crippen LogP contribution in [0.3, 0.4) is 0 Å². The Labute approximate surface area is 75.2 Å². The highest BCUT2D eigenvalue weighted by Gasteiger charge is 2.02. The van der Waals surface area contributed by atoms with Crippen LogP contribution < -0.4 is 11.5 Å². The number of unbranched alkanes of at least 4 members (excludes halogenated alkanes) is 2. The molecule has 1 unspecified atom stereocenters. The smallest absolute Gasteiger partial charge is 0.186 e. The van der Waals surface area contributed by atoms with Crippen LogP contribution in [0.1, 0.15) is 46.0 Å². The molecule has 1 atom stereocenters. The highest BCUT2D eigenvalue weighted by atomic mass is 15.0. The Balaban J connectivity index is 3.61. The maximum absolute atomic E-state index is 5.30. The van der Waals surface area contributed by atoms with Crippen molar-refractivity contribution < 1.29 is 0 Å². The summed E-state index contributed by atoms with van der Waals surface area (Å²) in [7, 11) is 0. The lowest BCUT2D eigenvalue weighted by Crippen LogP contribution is -2.25. The minimum Gasteiger partial charge on any atom is -0.370 e. The molecule has 0 aromatic carbocycles. The highest BCUT2D eigenvalue weighted by Crippen LogP contribution is 2.09. The van der Waals surface area contributed by atoms with Crippen LogP contribution in [-0.4, -0.2) is 12.0 Å².